The summed E-state index contributed by atoms with van der Waals surface area (Å²) in [5, 5.41) is 3.54. The van der Waals surface area contributed by atoms with Crippen molar-refractivity contribution in [3.8, 4) is 0 Å². The molecule has 1 N–H and O–H groups in total. The van der Waals surface area contributed by atoms with Crippen LogP contribution in [0.1, 0.15) is 61.6 Å². The lowest BCUT2D eigenvalue weighted by Gasteiger charge is -2.23. The maximum Gasteiger partial charge on any atom is 0.348 e. The van der Waals surface area contributed by atoms with Gasteiger partial charge in [0, 0.05) is 29.1 Å². The minimum absolute atomic E-state index is 0.0120. The van der Waals surface area contributed by atoms with Crippen molar-refractivity contribution in [1.29, 1.82) is 0 Å². The Labute approximate surface area is 200 Å². The van der Waals surface area contributed by atoms with E-state index in [-0.39, 0.29) is 23.1 Å². The van der Waals surface area contributed by atoms with Crippen LogP contribution in [0.4, 0.5) is 5.69 Å². The highest BCUT2D eigenvalue weighted by Gasteiger charge is 2.21. The highest BCUT2D eigenvalue weighted by atomic mass is 32.2. The highest BCUT2D eigenvalue weighted by Crippen LogP contribution is 2.28. The second-order valence-corrected chi connectivity index (χ2v) is 9.30. The Bertz CT molecular complexity index is 1030. The number of carbonyl (C=O) groups excluding carboxylic acids is 2. The fourth-order valence-electron chi connectivity index (χ4n) is 4.21. The lowest BCUT2D eigenvalue weighted by Crippen LogP contribution is -2.32. The van der Waals surface area contributed by atoms with Gasteiger partial charge in [0.1, 0.15) is 5.03 Å². The number of anilines is 1. The van der Waals surface area contributed by atoms with Gasteiger partial charge in [-0.25, -0.2) is 4.79 Å². The minimum Gasteiger partial charge on any atom is -0.325 e. The minimum atomic E-state index is -0.210. The van der Waals surface area contributed by atoms with Gasteiger partial charge in [-0.3, -0.25) is 14.2 Å². The molecule has 1 aromatic carbocycles. The zero-order chi connectivity index (χ0) is 23.8. The Kier molecular flexibility index (Phi) is 9.26. The molecular weight excluding hydrogens is 436 g/mol. The van der Waals surface area contributed by atoms with Crippen molar-refractivity contribution in [3.05, 3.63) is 51.6 Å². The summed E-state index contributed by atoms with van der Waals surface area (Å²) in [5.74, 6) is 0.00617. The number of ketones is 1. The molecule has 0 saturated heterocycles. The van der Waals surface area contributed by atoms with E-state index < -0.39 is 0 Å². The molecule has 0 fully saturated rings. The van der Waals surface area contributed by atoms with Crippen molar-refractivity contribution in [2.45, 2.75) is 64.4 Å². The Hall–Kier alpha value is -2.45. The molecule has 33 heavy (non-hydrogen) atoms. The fraction of sp³-hybridized carbons (Fsp3) is 0.520. The number of thioether (sulfide) groups is 1. The highest BCUT2D eigenvalue weighted by molar-refractivity contribution is 8.00. The molecule has 3 rings (SSSR count). The quantitative estimate of drug-likeness (QED) is 0.306. The summed E-state index contributed by atoms with van der Waals surface area (Å²) in [5.41, 5.74) is 3.27. The molecule has 2 aromatic rings. The smallest absolute Gasteiger partial charge is 0.325 e. The van der Waals surface area contributed by atoms with Crippen LogP contribution in [0.2, 0.25) is 0 Å². The molecule has 0 saturated carbocycles. The molecular formula is C25H34N4O3S. The molecule has 0 radical (unpaired) electrons. The summed E-state index contributed by atoms with van der Waals surface area (Å²) in [4.78, 5) is 43.5. The van der Waals surface area contributed by atoms with E-state index in [0.717, 1.165) is 63.0 Å². The van der Waals surface area contributed by atoms with E-state index in [0.29, 0.717) is 22.8 Å². The SMILES string of the molecule is CCN(CC)CCCn1c2c(c(SCC(=O)Nc3ccc(C(C)=O)cc3)nc1=O)CCCC2. The van der Waals surface area contributed by atoms with Crippen LogP contribution in [-0.2, 0) is 24.2 Å². The van der Waals surface area contributed by atoms with E-state index in [2.05, 4.69) is 29.0 Å². The molecule has 0 spiro atoms. The third-order valence-electron chi connectivity index (χ3n) is 6.12. The van der Waals surface area contributed by atoms with Crippen molar-refractivity contribution in [2.75, 3.05) is 30.7 Å². The largest absolute Gasteiger partial charge is 0.348 e. The third-order valence-corrected chi connectivity index (χ3v) is 7.13. The molecule has 8 heteroatoms. The zero-order valence-corrected chi connectivity index (χ0v) is 20.7. The molecule has 0 aliphatic heterocycles. The van der Waals surface area contributed by atoms with Gasteiger partial charge >= 0.3 is 5.69 Å². The summed E-state index contributed by atoms with van der Waals surface area (Å²) in [6.45, 7) is 9.51. The molecule has 1 aliphatic rings. The lowest BCUT2D eigenvalue weighted by molar-refractivity contribution is -0.113. The average molecular weight is 471 g/mol. The Morgan fingerprint density at radius 3 is 2.48 bits per heavy atom. The van der Waals surface area contributed by atoms with Gasteiger partial charge in [-0.15, -0.1) is 0 Å². The number of carbonyl (C=O) groups is 2. The van der Waals surface area contributed by atoms with Crippen molar-refractivity contribution < 1.29 is 9.59 Å². The molecule has 178 valence electrons. The van der Waals surface area contributed by atoms with Crippen molar-refractivity contribution in [1.82, 2.24) is 14.5 Å². The van der Waals surface area contributed by atoms with E-state index in [1.54, 1.807) is 24.3 Å². The number of nitrogens with zero attached hydrogens (tertiary/aromatic N) is 3. The number of Topliss-reactive ketones (excluding diaryl/α,β-unsaturated/α-hetero) is 1. The molecule has 0 atom stereocenters. The number of aromatic nitrogens is 2. The molecule has 1 aromatic heterocycles. The normalized spacial score (nSPS) is 13.1. The second-order valence-electron chi connectivity index (χ2n) is 8.33. The maximum atomic E-state index is 12.8. The van der Waals surface area contributed by atoms with Gasteiger partial charge in [-0.05, 0) is 82.9 Å². The zero-order valence-electron chi connectivity index (χ0n) is 19.9. The van der Waals surface area contributed by atoms with Crippen LogP contribution in [0.3, 0.4) is 0 Å². The summed E-state index contributed by atoms with van der Waals surface area (Å²) < 4.78 is 1.86. The number of hydrogen-bond acceptors (Lipinski definition) is 6. The van der Waals surface area contributed by atoms with Crippen LogP contribution >= 0.6 is 11.8 Å². The predicted molar refractivity (Wildman–Crippen MR) is 133 cm³/mol. The van der Waals surface area contributed by atoms with Gasteiger partial charge in [-0.2, -0.15) is 4.98 Å². The molecule has 1 amide bonds. The molecule has 0 bridgehead atoms. The molecule has 1 heterocycles. The predicted octanol–water partition coefficient (Wildman–Crippen LogP) is 3.79. The first-order valence-corrected chi connectivity index (χ1v) is 12.8. The van der Waals surface area contributed by atoms with Crippen molar-refractivity contribution in [2.24, 2.45) is 0 Å². The first-order chi connectivity index (χ1) is 15.9. The Morgan fingerprint density at radius 2 is 1.82 bits per heavy atom. The van der Waals surface area contributed by atoms with Crippen molar-refractivity contribution >= 4 is 29.1 Å². The van der Waals surface area contributed by atoms with Crippen LogP contribution in [-0.4, -0.2) is 51.5 Å². The van der Waals surface area contributed by atoms with Crippen LogP contribution in [0.5, 0.6) is 0 Å². The average Bonchev–Trinajstić information content (AvgIpc) is 2.82. The third kappa shape index (κ3) is 6.77. The number of hydrogen-bond donors (Lipinski definition) is 1. The van der Waals surface area contributed by atoms with Gasteiger partial charge in [0.05, 0.1) is 5.75 Å². The standard InChI is InChI=1S/C25H34N4O3S/c1-4-28(5-2)15-8-16-29-22-10-7-6-9-21(22)24(27-25(29)32)33-17-23(31)26-20-13-11-19(12-14-20)18(3)30/h11-14H,4-10,15-17H2,1-3H3,(H,26,31). The first-order valence-electron chi connectivity index (χ1n) is 11.8. The number of nitrogens with one attached hydrogen (secondary N) is 1. The first kappa shape index (κ1) is 25.2. The Balaban J connectivity index is 1.66. The van der Waals surface area contributed by atoms with Gasteiger partial charge in [0.2, 0.25) is 5.91 Å². The fourth-order valence-corrected chi connectivity index (χ4v) is 5.09. The van der Waals surface area contributed by atoms with Gasteiger partial charge in [0.25, 0.3) is 0 Å². The van der Waals surface area contributed by atoms with E-state index in [4.69, 9.17) is 0 Å². The summed E-state index contributed by atoms with van der Waals surface area (Å²) in [6.07, 6.45) is 4.87. The molecule has 0 unspecified atom stereocenters. The maximum absolute atomic E-state index is 12.8. The number of benzene rings is 1. The van der Waals surface area contributed by atoms with Crippen molar-refractivity contribution in [3.63, 3.8) is 0 Å². The lowest BCUT2D eigenvalue weighted by atomic mass is 9.97. The monoisotopic (exact) mass is 470 g/mol. The summed E-state index contributed by atoms with van der Waals surface area (Å²) >= 11 is 1.33. The number of fused-ring (bicyclic) bond motifs is 1. The molecule has 1 aliphatic carbocycles. The van der Waals surface area contributed by atoms with Gasteiger partial charge in [-0.1, -0.05) is 25.6 Å². The van der Waals surface area contributed by atoms with Crippen LogP contribution in [0, 0.1) is 0 Å². The van der Waals surface area contributed by atoms with Crippen LogP contribution < -0.4 is 11.0 Å². The van der Waals surface area contributed by atoms with Crippen LogP contribution in [0.15, 0.2) is 34.1 Å². The van der Waals surface area contributed by atoms with E-state index in [9.17, 15) is 14.4 Å². The number of rotatable bonds is 11. The van der Waals surface area contributed by atoms with E-state index >= 15 is 0 Å². The Morgan fingerprint density at radius 1 is 1.12 bits per heavy atom. The van der Waals surface area contributed by atoms with Gasteiger partial charge in [0.15, 0.2) is 5.78 Å². The summed E-state index contributed by atoms with van der Waals surface area (Å²) in [7, 11) is 0. The van der Waals surface area contributed by atoms with E-state index in [1.165, 1.54) is 18.7 Å². The van der Waals surface area contributed by atoms with Gasteiger partial charge < -0.3 is 10.2 Å². The van der Waals surface area contributed by atoms with E-state index in [1.807, 2.05) is 4.57 Å². The molecule has 7 nitrogen and oxygen atoms in total. The topological polar surface area (TPSA) is 84.3 Å². The summed E-state index contributed by atoms with van der Waals surface area (Å²) in [6, 6.07) is 6.84. The second kappa shape index (κ2) is 12.1. The number of amides is 1. The van der Waals surface area contributed by atoms with Crippen LogP contribution in [0.25, 0.3) is 0 Å².